The second-order valence-corrected chi connectivity index (χ2v) is 7.10. The van der Waals surface area contributed by atoms with Crippen molar-refractivity contribution in [2.75, 3.05) is 25.4 Å². The zero-order chi connectivity index (χ0) is 13.7. The van der Waals surface area contributed by atoms with Crippen LogP contribution in [0.5, 0.6) is 5.75 Å². The maximum absolute atomic E-state index is 12.0. The van der Waals surface area contributed by atoms with Crippen molar-refractivity contribution in [3.05, 3.63) is 24.3 Å². The number of ether oxygens (including phenoxy) is 1. The van der Waals surface area contributed by atoms with Crippen molar-refractivity contribution in [2.24, 2.45) is 5.92 Å². The molecule has 5 heteroatoms. The van der Waals surface area contributed by atoms with Crippen LogP contribution < -0.4 is 10.1 Å². The van der Waals surface area contributed by atoms with E-state index in [1.165, 1.54) is 0 Å². The predicted octanol–water partition coefficient (Wildman–Crippen LogP) is 1.86. The van der Waals surface area contributed by atoms with Crippen LogP contribution in [0.15, 0.2) is 29.2 Å². The van der Waals surface area contributed by atoms with Gasteiger partial charge in [-0.15, -0.1) is 0 Å². The molecule has 1 aliphatic heterocycles. The number of benzene rings is 1. The molecule has 0 radical (unpaired) electrons. The average molecular weight is 283 g/mol. The van der Waals surface area contributed by atoms with E-state index in [2.05, 4.69) is 5.32 Å². The molecule has 19 heavy (non-hydrogen) atoms. The molecule has 0 aliphatic carbocycles. The maximum atomic E-state index is 12.0. The normalized spacial score (nSPS) is 17.3. The first-order valence-electron chi connectivity index (χ1n) is 6.79. The molecule has 0 unspecified atom stereocenters. The molecule has 0 spiro atoms. The molecule has 1 N–H and O–H groups in total. The van der Waals surface area contributed by atoms with Gasteiger partial charge in [-0.1, -0.05) is 19.1 Å². The molecule has 1 heterocycles. The summed E-state index contributed by atoms with van der Waals surface area (Å²) in [6.07, 6.45) is 2.17. The van der Waals surface area contributed by atoms with E-state index >= 15 is 0 Å². The third-order valence-corrected chi connectivity index (χ3v) is 5.26. The molecule has 2 rings (SSSR count). The number of nitrogens with one attached hydrogen (secondary N) is 1. The van der Waals surface area contributed by atoms with Crippen LogP contribution in [0.3, 0.4) is 0 Å². The zero-order valence-electron chi connectivity index (χ0n) is 11.3. The van der Waals surface area contributed by atoms with E-state index in [4.69, 9.17) is 4.74 Å². The molecule has 0 atom stereocenters. The second-order valence-electron chi connectivity index (χ2n) is 4.85. The summed E-state index contributed by atoms with van der Waals surface area (Å²) < 4.78 is 29.7. The van der Waals surface area contributed by atoms with E-state index < -0.39 is 9.84 Å². The van der Waals surface area contributed by atoms with Crippen molar-refractivity contribution in [3.8, 4) is 5.75 Å². The lowest BCUT2D eigenvalue weighted by molar-refractivity contribution is 0.211. The Morgan fingerprint density at radius 2 is 1.95 bits per heavy atom. The molecular weight excluding hydrogens is 262 g/mol. The van der Waals surface area contributed by atoms with E-state index in [9.17, 15) is 8.42 Å². The number of hydrogen-bond donors (Lipinski definition) is 1. The Kier molecular flexibility index (Phi) is 4.82. The summed E-state index contributed by atoms with van der Waals surface area (Å²) >= 11 is 0. The lowest BCUT2D eigenvalue weighted by atomic mass is 9.99. The predicted molar refractivity (Wildman–Crippen MR) is 75.3 cm³/mol. The van der Waals surface area contributed by atoms with Gasteiger partial charge in [0, 0.05) is 0 Å². The van der Waals surface area contributed by atoms with Crippen LogP contribution in [-0.4, -0.2) is 33.9 Å². The van der Waals surface area contributed by atoms with Gasteiger partial charge in [0.15, 0.2) is 9.84 Å². The summed E-state index contributed by atoms with van der Waals surface area (Å²) in [4.78, 5) is 0.312. The summed E-state index contributed by atoms with van der Waals surface area (Å²) in [5.74, 6) is 1.10. The van der Waals surface area contributed by atoms with Crippen LogP contribution >= 0.6 is 0 Å². The van der Waals surface area contributed by atoms with E-state index in [-0.39, 0.29) is 5.75 Å². The Labute approximate surface area is 115 Å². The SMILES string of the molecule is CCS(=O)(=O)c1ccccc1OCC1CCNCC1. The third-order valence-electron chi connectivity index (χ3n) is 3.50. The molecule has 106 valence electrons. The highest BCUT2D eigenvalue weighted by Crippen LogP contribution is 2.25. The number of rotatable bonds is 5. The van der Waals surface area contributed by atoms with E-state index in [1.54, 1.807) is 25.1 Å². The van der Waals surface area contributed by atoms with Gasteiger partial charge in [-0.05, 0) is 44.0 Å². The topological polar surface area (TPSA) is 55.4 Å². The number of piperidine rings is 1. The molecule has 0 bridgehead atoms. The van der Waals surface area contributed by atoms with Crippen molar-refractivity contribution in [1.29, 1.82) is 0 Å². The fourth-order valence-electron chi connectivity index (χ4n) is 2.24. The summed E-state index contributed by atoms with van der Waals surface area (Å²) in [6.45, 7) is 4.28. The number of para-hydroxylation sites is 1. The molecule has 1 aliphatic rings. The molecular formula is C14H21NO3S. The minimum absolute atomic E-state index is 0.0979. The monoisotopic (exact) mass is 283 g/mol. The van der Waals surface area contributed by atoms with Crippen molar-refractivity contribution in [1.82, 2.24) is 5.32 Å². The van der Waals surface area contributed by atoms with Crippen molar-refractivity contribution in [2.45, 2.75) is 24.7 Å². The first kappa shape index (κ1) is 14.3. The molecule has 1 fully saturated rings. The Morgan fingerprint density at radius 3 is 2.63 bits per heavy atom. The van der Waals surface area contributed by atoms with Gasteiger partial charge >= 0.3 is 0 Å². The summed E-state index contributed by atoms with van der Waals surface area (Å²) in [5, 5.41) is 3.31. The zero-order valence-corrected chi connectivity index (χ0v) is 12.1. The van der Waals surface area contributed by atoms with Gasteiger partial charge < -0.3 is 10.1 Å². The fraction of sp³-hybridized carbons (Fsp3) is 0.571. The minimum atomic E-state index is -3.22. The van der Waals surface area contributed by atoms with Gasteiger partial charge in [-0.25, -0.2) is 8.42 Å². The highest BCUT2D eigenvalue weighted by atomic mass is 32.2. The molecule has 0 amide bonds. The molecule has 1 aromatic carbocycles. The van der Waals surface area contributed by atoms with Gasteiger partial charge in [0.05, 0.1) is 12.4 Å². The van der Waals surface area contributed by atoms with E-state index in [1.807, 2.05) is 6.07 Å². The quantitative estimate of drug-likeness (QED) is 0.896. The van der Waals surface area contributed by atoms with E-state index in [0.717, 1.165) is 25.9 Å². The molecule has 4 nitrogen and oxygen atoms in total. The lowest BCUT2D eigenvalue weighted by Crippen LogP contribution is -2.30. The smallest absolute Gasteiger partial charge is 0.181 e. The molecule has 0 saturated carbocycles. The Hall–Kier alpha value is -1.07. The second kappa shape index (κ2) is 6.39. The molecule has 1 saturated heterocycles. The van der Waals surface area contributed by atoms with Gasteiger partial charge in [0.2, 0.25) is 0 Å². The molecule has 1 aromatic rings. The summed E-state index contributed by atoms with van der Waals surface area (Å²) in [7, 11) is -3.22. The number of hydrogen-bond acceptors (Lipinski definition) is 4. The van der Waals surface area contributed by atoms with Crippen LogP contribution in [0.25, 0.3) is 0 Å². The van der Waals surface area contributed by atoms with Crippen LogP contribution in [-0.2, 0) is 9.84 Å². The van der Waals surface area contributed by atoms with Crippen molar-refractivity contribution in [3.63, 3.8) is 0 Å². The highest BCUT2D eigenvalue weighted by molar-refractivity contribution is 7.91. The standard InChI is InChI=1S/C14H21NO3S/c1-2-19(16,17)14-6-4-3-5-13(14)18-11-12-7-9-15-10-8-12/h3-6,12,15H,2,7-11H2,1H3. The Bertz CT molecular complexity index is 507. The van der Waals surface area contributed by atoms with Crippen LogP contribution in [0.2, 0.25) is 0 Å². The first-order valence-corrected chi connectivity index (χ1v) is 8.44. The largest absolute Gasteiger partial charge is 0.492 e. The average Bonchev–Trinajstić information content (AvgIpc) is 2.46. The Balaban J connectivity index is 2.07. The molecule has 0 aromatic heterocycles. The van der Waals surface area contributed by atoms with Gasteiger partial charge in [-0.2, -0.15) is 0 Å². The Morgan fingerprint density at radius 1 is 1.26 bits per heavy atom. The highest BCUT2D eigenvalue weighted by Gasteiger charge is 2.19. The summed E-state index contributed by atoms with van der Waals surface area (Å²) in [6, 6.07) is 6.91. The van der Waals surface area contributed by atoms with Crippen LogP contribution in [0.4, 0.5) is 0 Å². The summed E-state index contributed by atoms with van der Waals surface area (Å²) in [5.41, 5.74) is 0. The lowest BCUT2D eigenvalue weighted by Gasteiger charge is -2.23. The van der Waals surface area contributed by atoms with Gasteiger partial charge in [0.1, 0.15) is 10.6 Å². The van der Waals surface area contributed by atoms with Crippen molar-refractivity contribution >= 4 is 9.84 Å². The van der Waals surface area contributed by atoms with E-state index in [0.29, 0.717) is 23.2 Å². The maximum Gasteiger partial charge on any atom is 0.181 e. The minimum Gasteiger partial charge on any atom is -0.492 e. The van der Waals surface area contributed by atoms with Crippen LogP contribution in [0.1, 0.15) is 19.8 Å². The number of sulfone groups is 1. The van der Waals surface area contributed by atoms with Gasteiger partial charge in [-0.3, -0.25) is 0 Å². The van der Waals surface area contributed by atoms with Crippen LogP contribution in [0, 0.1) is 5.92 Å². The fourth-order valence-corrected chi connectivity index (χ4v) is 3.27. The van der Waals surface area contributed by atoms with Crippen molar-refractivity contribution < 1.29 is 13.2 Å². The first-order chi connectivity index (χ1) is 9.13. The van der Waals surface area contributed by atoms with Gasteiger partial charge in [0.25, 0.3) is 0 Å². The third kappa shape index (κ3) is 3.70.